The van der Waals surface area contributed by atoms with E-state index in [1.165, 1.54) is 12.8 Å². The van der Waals surface area contributed by atoms with Crippen molar-refractivity contribution in [3.05, 3.63) is 12.3 Å². The van der Waals surface area contributed by atoms with Crippen molar-refractivity contribution in [2.75, 3.05) is 6.54 Å². The molecule has 0 aromatic rings. The first-order chi connectivity index (χ1) is 9.65. The van der Waals surface area contributed by atoms with Crippen molar-refractivity contribution in [1.29, 1.82) is 0 Å². The number of nitrogens with one attached hydrogen (secondary N) is 1. The minimum absolute atomic E-state index is 0.169. The number of carbonyl (C=O) groups is 1. The van der Waals surface area contributed by atoms with Crippen LogP contribution in [0.1, 0.15) is 52.9 Å². The van der Waals surface area contributed by atoms with Gasteiger partial charge in [-0.05, 0) is 37.8 Å². The van der Waals surface area contributed by atoms with Gasteiger partial charge < -0.3 is 0 Å². The molecule has 3 atom stereocenters. The summed E-state index contributed by atoms with van der Waals surface area (Å²) in [7, 11) is 0. The normalized spacial score (nSPS) is 30.2. The Balaban J connectivity index is 2.07. The zero-order valence-corrected chi connectivity index (χ0v) is 12.9. The molecule has 1 aliphatic heterocycles. The van der Waals surface area contributed by atoms with E-state index in [0.29, 0.717) is 5.92 Å². The van der Waals surface area contributed by atoms with Crippen molar-refractivity contribution in [2.24, 2.45) is 16.8 Å². The second-order valence-electron chi connectivity index (χ2n) is 5.94. The van der Waals surface area contributed by atoms with E-state index in [-0.39, 0.29) is 18.1 Å². The maximum atomic E-state index is 12.7. The lowest BCUT2D eigenvalue weighted by Gasteiger charge is -2.34. The maximum absolute atomic E-state index is 12.7. The number of rotatable bonds is 4. The van der Waals surface area contributed by atoms with Crippen molar-refractivity contribution >= 4 is 11.6 Å². The summed E-state index contributed by atoms with van der Waals surface area (Å²) in [6, 6.07) is 0. The monoisotopic (exact) mass is 277 g/mol. The number of amides is 1. The molecule has 2 aliphatic rings. The van der Waals surface area contributed by atoms with Gasteiger partial charge in [0.05, 0.1) is 0 Å². The van der Waals surface area contributed by atoms with Crippen molar-refractivity contribution < 1.29 is 4.79 Å². The molecule has 0 aromatic heterocycles. The van der Waals surface area contributed by atoms with Gasteiger partial charge in [-0.1, -0.05) is 33.6 Å². The standard InChI is InChI=1S/C16H27N3O/c1-4-14-9-10-19(16(18-14)17-5-2)15(20)13-8-6-7-12(3)11-13/h9-10,12-13,16-17H,4-8,11H2,1-3H3. The Kier molecular flexibility index (Phi) is 5.35. The van der Waals surface area contributed by atoms with E-state index in [9.17, 15) is 4.79 Å². The highest BCUT2D eigenvalue weighted by Crippen LogP contribution is 2.30. The molecule has 1 N–H and O–H groups in total. The molecule has 0 spiro atoms. The first-order valence-corrected chi connectivity index (χ1v) is 7.96. The minimum Gasteiger partial charge on any atom is -0.283 e. The smallest absolute Gasteiger partial charge is 0.232 e. The Labute approximate surface area is 122 Å². The van der Waals surface area contributed by atoms with E-state index < -0.39 is 0 Å². The number of hydrogen-bond donors (Lipinski definition) is 1. The summed E-state index contributed by atoms with van der Waals surface area (Å²) in [6.45, 7) is 7.20. The van der Waals surface area contributed by atoms with Crippen LogP contribution in [0.15, 0.2) is 17.3 Å². The summed E-state index contributed by atoms with van der Waals surface area (Å²) >= 11 is 0. The molecule has 112 valence electrons. The summed E-state index contributed by atoms with van der Waals surface area (Å²) in [5, 5.41) is 3.30. The molecule has 2 rings (SSSR count). The molecule has 1 saturated carbocycles. The van der Waals surface area contributed by atoms with Gasteiger partial charge >= 0.3 is 0 Å². The van der Waals surface area contributed by atoms with Crippen LogP contribution in [0, 0.1) is 11.8 Å². The Morgan fingerprint density at radius 1 is 1.45 bits per heavy atom. The highest BCUT2D eigenvalue weighted by atomic mass is 16.2. The third-order valence-electron chi connectivity index (χ3n) is 4.27. The van der Waals surface area contributed by atoms with Gasteiger partial charge in [-0.15, -0.1) is 0 Å². The van der Waals surface area contributed by atoms with Crippen LogP contribution in [0.25, 0.3) is 0 Å². The van der Waals surface area contributed by atoms with Gasteiger partial charge in [-0.25, -0.2) is 4.99 Å². The molecule has 20 heavy (non-hydrogen) atoms. The molecule has 0 radical (unpaired) electrons. The zero-order chi connectivity index (χ0) is 14.5. The van der Waals surface area contributed by atoms with Gasteiger partial charge in [0.15, 0.2) is 6.29 Å². The largest absolute Gasteiger partial charge is 0.283 e. The van der Waals surface area contributed by atoms with Crippen LogP contribution in [0.3, 0.4) is 0 Å². The Morgan fingerprint density at radius 2 is 2.25 bits per heavy atom. The molecule has 4 nitrogen and oxygen atoms in total. The summed E-state index contributed by atoms with van der Waals surface area (Å²) in [5.74, 6) is 1.07. The van der Waals surface area contributed by atoms with E-state index >= 15 is 0 Å². The molecule has 1 fully saturated rings. The summed E-state index contributed by atoms with van der Waals surface area (Å²) in [5.41, 5.74) is 1.05. The molecule has 0 saturated heterocycles. The molecule has 1 amide bonds. The average molecular weight is 277 g/mol. The van der Waals surface area contributed by atoms with Crippen LogP contribution >= 0.6 is 0 Å². The topological polar surface area (TPSA) is 44.7 Å². The lowest BCUT2D eigenvalue weighted by molar-refractivity contribution is -0.136. The van der Waals surface area contributed by atoms with E-state index in [4.69, 9.17) is 0 Å². The van der Waals surface area contributed by atoms with Gasteiger partial charge in [0.1, 0.15) is 0 Å². The predicted molar refractivity (Wildman–Crippen MR) is 82.3 cm³/mol. The second kappa shape index (κ2) is 7.02. The highest BCUT2D eigenvalue weighted by molar-refractivity contribution is 5.96. The highest BCUT2D eigenvalue weighted by Gasteiger charge is 2.32. The van der Waals surface area contributed by atoms with Gasteiger partial charge in [-0.3, -0.25) is 15.0 Å². The summed E-state index contributed by atoms with van der Waals surface area (Å²) in [4.78, 5) is 19.2. The number of hydrogen-bond acceptors (Lipinski definition) is 3. The maximum Gasteiger partial charge on any atom is 0.232 e. The first-order valence-electron chi connectivity index (χ1n) is 7.96. The van der Waals surface area contributed by atoms with Gasteiger partial charge in [0.2, 0.25) is 5.91 Å². The quantitative estimate of drug-likeness (QED) is 0.858. The predicted octanol–water partition coefficient (Wildman–Crippen LogP) is 2.91. The fraction of sp³-hybridized carbons (Fsp3) is 0.750. The lowest BCUT2D eigenvalue weighted by Crippen LogP contribution is -2.49. The van der Waals surface area contributed by atoms with E-state index in [1.54, 1.807) is 4.90 Å². The fourth-order valence-electron chi connectivity index (χ4n) is 3.11. The van der Waals surface area contributed by atoms with Crippen LogP contribution in [-0.4, -0.2) is 29.4 Å². The SMILES string of the molecule is CCNC1N=C(CC)C=CN1C(=O)C1CCCC(C)C1. The number of nitrogens with zero attached hydrogens (tertiary/aromatic N) is 2. The van der Waals surface area contributed by atoms with Crippen molar-refractivity contribution in [3.8, 4) is 0 Å². The van der Waals surface area contributed by atoms with Gasteiger partial charge in [-0.2, -0.15) is 0 Å². The third kappa shape index (κ3) is 3.48. The average Bonchev–Trinajstić information content (AvgIpc) is 2.47. The number of carbonyl (C=O) groups excluding carboxylic acids is 1. The molecular formula is C16H27N3O. The number of allylic oxidation sites excluding steroid dienone is 1. The van der Waals surface area contributed by atoms with Crippen LogP contribution in [0.2, 0.25) is 0 Å². The lowest BCUT2D eigenvalue weighted by atomic mass is 9.82. The molecule has 0 aromatic carbocycles. The molecule has 1 heterocycles. The van der Waals surface area contributed by atoms with E-state index in [0.717, 1.165) is 31.5 Å². The van der Waals surface area contributed by atoms with Crippen molar-refractivity contribution in [3.63, 3.8) is 0 Å². The van der Waals surface area contributed by atoms with Crippen LogP contribution in [0.5, 0.6) is 0 Å². The van der Waals surface area contributed by atoms with E-state index in [2.05, 4.69) is 24.2 Å². The van der Waals surface area contributed by atoms with E-state index in [1.807, 2.05) is 19.2 Å². The number of aliphatic imine (C=N–C) groups is 1. The third-order valence-corrected chi connectivity index (χ3v) is 4.27. The minimum atomic E-state index is -0.218. The van der Waals surface area contributed by atoms with Crippen LogP contribution in [0.4, 0.5) is 0 Å². The Hall–Kier alpha value is -1.16. The molecule has 1 aliphatic carbocycles. The van der Waals surface area contributed by atoms with Gasteiger partial charge in [0, 0.05) is 17.8 Å². The second-order valence-corrected chi connectivity index (χ2v) is 5.94. The fourth-order valence-corrected chi connectivity index (χ4v) is 3.11. The Morgan fingerprint density at radius 3 is 2.90 bits per heavy atom. The zero-order valence-electron chi connectivity index (χ0n) is 12.9. The van der Waals surface area contributed by atoms with Crippen molar-refractivity contribution in [1.82, 2.24) is 10.2 Å². The molecule has 3 unspecified atom stereocenters. The molecule has 4 heteroatoms. The van der Waals surface area contributed by atoms with Crippen molar-refractivity contribution in [2.45, 2.75) is 59.2 Å². The van der Waals surface area contributed by atoms with Crippen LogP contribution < -0.4 is 5.32 Å². The summed E-state index contributed by atoms with van der Waals surface area (Å²) < 4.78 is 0. The Bertz CT molecular complexity index is 403. The van der Waals surface area contributed by atoms with Crippen LogP contribution in [-0.2, 0) is 4.79 Å². The van der Waals surface area contributed by atoms with Gasteiger partial charge in [0.25, 0.3) is 0 Å². The molecular weight excluding hydrogens is 250 g/mol. The first kappa shape index (κ1) is 15.2. The molecule has 0 bridgehead atoms. The summed E-state index contributed by atoms with van der Waals surface area (Å²) in [6.07, 6.45) is 9.05.